The molecule has 0 bridgehead atoms. The van der Waals surface area contributed by atoms with Crippen molar-refractivity contribution < 1.29 is 19.4 Å². The van der Waals surface area contributed by atoms with Gasteiger partial charge in [-0.1, -0.05) is 91.0 Å². The number of piperidine rings is 1. The number of allylic oxidation sites excluding steroid dienone is 5. The van der Waals surface area contributed by atoms with Crippen LogP contribution >= 0.6 is 0 Å². The minimum absolute atomic E-state index is 0.0654. The normalized spacial score (nSPS) is 15.5. The van der Waals surface area contributed by atoms with E-state index in [1.807, 2.05) is 114 Å². The molecule has 6 rings (SSSR count). The summed E-state index contributed by atoms with van der Waals surface area (Å²) in [6, 6.07) is 31.6. The number of carbonyl (C=O) groups excluding carboxylic acids is 1. The third kappa shape index (κ3) is 8.52. The van der Waals surface area contributed by atoms with Crippen molar-refractivity contribution >= 4 is 12.0 Å². The zero-order chi connectivity index (χ0) is 33.3. The van der Waals surface area contributed by atoms with Crippen LogP contribution in [0.15, 0.2) is 139 Å². The van der Waals surface area contributed by atoms with Gasteiger partial charge in [-0.15, -0.1) is 0 Å². The van der Waals surface area contributed by atoms with Gasteiger partial charge in [0, 0.05) is 42.8 Å². The summed E-state index contributed by atoms with van der Waals surface area (Å²) in [6.07, 6.45) is 11.7. The van der Waals surface area contributed by atoms with Crippen molar-refractivity contribution in [2.75, 3.05) is 13.1 Å². The van der Waals surface area contributed by atoms with Gasteiger partial charge in [-0.05, 0) is 84.1 Å². The molecule has 2 N–H and O–H groups in total. The van der Waals surface area contributed by atoms with Crippen LogP contribution < -0.4 is 14.8 Å². The highest BCUT2D eigenvalue weighted by Gasteiger charge is 2.24. The number of hydrogen-bond donors (Lipinski definition) is 2. The highest BCUT2D eigenvalue weighted by Crippen LogP contribution is 2.26. The first kappa shape index (κ1) is 32.6. The molecule has 0 aromatic heterocycles. The van der Waals surface area contributed by atoms with Crippen LogP contribution in [-0.2, 0) is 6.61 Å². The molecule has 1 aliphatic carbocycles. The Balaban J connectivity index is 0.945. The van der Waals surface area contributed by atoms with Gasteiger partial charge in [-0.2, -0.15) is 0 Å². The summed E-state index contributed by atoms with van der Waals surface area (Å²) in [5.41, 5.74) is 7.85. The fourth-order valence-electron chi connectivity index (χ4n) is 5.88. The number of amides is 1. The molecule has 6 nitrogen and oxygen atoms in total. The number of benzene rings is 4. The Hall–Kier alpha value is -5.33. The second-order valence-electron chi connectivity index (χ2n) is 12.3. The fourth-order valence-corrected chi connectivity index (χ4v) is 5.88. The lowest BCUT2D eigenvalue weighted by atomic mass is 10.0. The SMILES string of the molecule is C=Cc1ccc(C(=O)N2CCC(Oc3ccc(COc4ccc(-c5ccc(C(O)NC6=CC=CCC(C)=C6)cc5)cc4)cc3)CC2)cc1. The van der Waals surface area contributed by atoms with Gasteiger partial charge in [0.25, 0.3) is 5.91 Å². The molecule has 1 amide bonds. The van der Waals surface area contributed by atoms with E-state index < -0.39 is 6.23 Å². The van der Waals surface area contributed by atoms with Gasteiger partial charge in [-0.3, -0.25) is 4.79 Å². The summed E-state index contributed by atoms with van der Waals surface area (Å²) in [5, 5.41) is 13.9. The van der Waals surface area contributed by atoms with Crippen LogP contribution in [0.5, 0.6) is 11.5 Å². The van der Waals surface area contributed by atoms with Crippen LogP contribution in [0.4, 0.5) is 0 Å². The van der Waals surface area contributed by atoms with Gasteiger partial charge in [0.1, 0.15) is 24.2 Å². The molecule has 48 heavy (non-hydrogen) atoms. The smallest absolute Gasteiger partial charge is 0.253 e. The van der Waals surface area contributed by atoms with E-state index in [0.29, 0.717) is 25.3 Å². The number of likely N-dealkylation sites (tertiary alicyclic amines) is 1. The molecule has 1 unspecified atom stereocenters. The van der Waals surface area contributed by atoms with E-state index >= 15 is 0 Å². The Bertz CT molecular complexity index is 1780. The maximum absolute atomic E-state index is 12.9. The minimum atomic E-state index is -0.792. The number of rotatable bonds is 11. The van der Waals surface area contributed by atoms with E-state index in [4.69, 9.17) is 9.47 Å². The highest BCUT2D eigenvalue weighted by atomic mass is 16.5. The highest BCUT2D eigenvalue weighted by molar-refractivity contribution is 5.94. The molecule has 1 aliphatic heterocycles. The standard InChI is InChI=1S/C42H42N2O4/c1-3-31-8-12-36(13-9-31)42(46)44-26-24-40(25-27-44)48-39-20-10-32(11-21-39)29-47-38-22-18-34(19-23-38)33-14-16-35(17-15-33)41(45)43-37-7-5-4-6-30(2)28-37/h3-5,7-23,28,40-41,43,45H,1,6,24-27,29H2,2H3. The largest absolute Gasteiger partial charge is 0.490 e. The van der Waals surface area contributed by atoms with Crippen molar-refractivity contribution in [3.63, 3.8) is 0 Å². The lowest BCUT2D eigenvalue weighted by Gasteiger charge is -2.32. The number of carbonyl (C=O) groups is 1. The molecule has 1 atom stereocenters. The Morgan fingerprint density at radius 1 is 0.917 bits per heavy atom. The minimum Gasteiger partial charge on any atom is -0.490 e. The molecule has 244 valence electrons. The molecule has 4 aromatic carbocycles. The van der Waals surface area contributed by atoms with E-state index in [9.17, 15) is 9.90 Å². The van der Waals surface area contributed by atoms with Gasteiger partial charge >= 0.3 is 0 Å². The van der Waals surface area contributed by atoms with Crippen molar-refractivity contribution in [2.24, 2.45) is 0 Å². The van der Waals surface area contributed by atoms with Crippen LogP contribution in [0.2, 0.25) is 0 Å². The van der Waals surface area contributed by atoms with Crippen molar-refractivity contribution in [1.29, 1.82) is 0 Å². The van der Waals surface area contributed by atoms with Gasteiger partial charge in [0.2, 0.25) is 0 Å². The molecular formula is C42H42N2O4. The van der Waals surface area contributed by atoms with E-state index in [2.05, 4.69) is 31.0 Å². The van der Waals surface area contributed by atoms with E-state index in [1.165, 1.54) is 5.57 Å². The Morgan fingerprint density at radius 2 is 1.56 bits per heavy atom. The second-order valence-corrected chi connectivity index (χ2v) is 12.3. The molecule has 1 saturated heterocycles. The topological polar surface area (TPSA) is 71.0 Å². The number of nitrogens with zero attached hydrogens (tertiary/aromatic N) is 1. The van der Waals surface area contributed by atoms with Crippen LogP contribution in [0, 0.1) is 0 Å². The molecule has 2 aliphatic rings. The molecule has 0 saturated carbocycles. The van der Waals surface area contributed by atoms with Crippen molar-refractivity contribution in [3.05, 3.63) is 161 Å². The molecule has 1 heterocycles. The van der Waals surface area contributed by atoms with E-state index in [0.717, 1.165) is 64.3 Å². The first-order valence-corrected chi connectivity index (χ1v) is 16.5. The molecule has 0 radical (unpaired) electrons. The second kappa shape index (κ2) is 15.5. The summed E-state index contributed by atoms with van der Waals surface area (Å²) in [4.78, 5) is 14.8. The first-order chi connectivity index (χ1) is 23.4. The predicted molar refractivity (Wildman–Crippen MR) is 192 cm³/mol. The summed E-state index contributed by atoms with van der Waals surface area (Å²) >= 11 is 0. The zero-order valence-corrected chi connectivity index (χ0v) is 27.3. The predicted octanol–water partition coefficient (Wildman–Crippen LogP) is 8.63. The first-order valence-electron chi connectivity index (χ1n) is 16.5. The third-order valence-electron chi connectivity index (χ3n) is 8.73. The number of aliphatic hydroxyl groups excluding tert-OH is 1. The molecule has 6 heteroatoms. The average Bonchev–Trinajstić information content (AvgIpc) is 3.34. The number of ether oxygens (including phenoxy) is 2. The third-order valence-corrected chi connectivity index (χ3v) is 8.73. The van der Waals surface area contributed by atoms with Gasteiger partial charge < -0.3 is 24.8 Å². The average molecular weight is 639 g/mol. The van der Waals surface area contributed by atoms with Crippen LogP contribution in [0.1, 0.15) is 59.5 Å². The molecule has 1 fully saturated rings. The van der Waals surface area contributed by atoms with Crippen LogP contribution in [-0.4, -0.2) is 35.1 Å². The molecule has 4 aromatic rings. The quantitative estimate of drug-likeness (QED) is 0.161. The van der Waals surface area contributed by atoms with Crippen LogP contribution in [0.25, 0.3) is 17.2 Å². The summed E-state index contributed by atoms with van der Waals surface area (Å²) < 4.78 is 12.3. The lowest BCUT2D eigenvalue weighted by Crippen LogP contribution is -2.41. The fraction of sp³-hybridized carbons (Fsp3) is 0.214. The van der Waals surface area contributed by atoms with Gasteiger partial charge in [-0.25, -0.2) is 0 Å². The van der Waals surface area contributed by atoms with Gasteiger partial charge in [0.05, 0.1) is 0 Å². The monoisotopic (exact) mass is 638 g/mol. The maximum atomic E-state index is 12.9. The number of nitrogens with one attached hydrogen (secondary N) is 1. The van der Waals surface area contributed by atoms with Crippen molar-refractivity contribution in [3.8, 4) is 22.6 Å². The number of hydrogen-bond acceptors (Lipinski definition) is 5. The summed E-state index contributed by atoms with van der Waals surface area (Å²) in [6.45, 7) is 7.66. The molecular weight excluding hydrogens is 596 g/mol. The Labute approximate surface area is 283 Å². The van der Waals surface area contributed by atoms with E-state index in [-0.39, 0.29) is 12.0 Å². The summed E-state index contributed by atoms with van der Waals surface area (Å²) in [5.74, 6) is 1.69. The maximum Gasteiger partial charge on any atom is 0.253 e. The lowest BCUT2D eigenvalue weighted by molar-refractivity contribution is 0.0595. The Kier molecular flexibility index (Phi) is 10.5. The van der Waals surface area contributed by atoms with Gasteiger partial charge in [0.15, 0.2) is 6.23 Å². The Morgan fingerprint density at radius 3 is 2.23 bits per heavy atom. The zero-order valence-electron chi connectivity index (χ0n) is 27.3. The van der Waals surface area contributed by atoms with E-state index in [1.54, 1.807) is 6.08 Å². The van der Waals surface area contributed by atoms with Crippen molar-refractivity contribution in [1.82, 2.24) is 10.2 Å². The number of aliphatic hydroxyl groups is 1. The summed E-state index contributed by atoms with van der Waals surface area (Å²) in [7, 11) is 0. The molecule has 0 spiro atoms. The van der Waals surface area contributed by atoms with Crippen LogP contribution in [0.3, 0.4) is 0 Å². The van der Waals surface area contributed by atoms with Crippen molar-refractivity contribution in [2.45, 2.75) is 45.1 Å².